The number of methoxy groups -OCH3 is 1. The smallest absolute Gasteiger partial charge is 0.307 e. The fraction of sp³-hybridized carbons (Fsp3) is 0.500. The summed E-state index contributed by atoms with van der Waals surface area (Å²) in [5, 5.41) is 9.02. The topological polar surface area (TPSA) is 46.5 Å². The molecule has 1 aliphatic rings. The molecule has 3 heteroatoms. The molecule has 0 heterocycles. The second-order valence-corrected chi connectivity index (χ2v) is 4.87. The van der Waals surface area contributed by atoms with Crippen LogP contribution in [0, 0.1) is 26.7 Å². The van der Waals surface area contributed by atoms with Crippen molar-refractivity contribution in [3.63, 3.8) is 0 Å². The monoisotopic (exact) mass is 234 g/mol. The molecule has 0 spiro atoms. The average molecular weight is 234 g/mol. The maximum absolute atomic E-state index is 11.0. The molecule has 1 N–H and O–H groups in total. The van der Waals surface area contributed by atoms with Gasteiger partial charge in [-0.1, -0.05) is 6.07 Å². The van der Waals surface area contributed by atoms with Crippen molar-refractivity contribution < 1.29 is 14.6 Å². The molecule has 0 aliphatic heterocycles. The van der Waals surface area contributed by atoms with E-state index in [4.69, 9.17) is 9.84 Å². The summed E-state index contributed by atoms with van der Waals surface area (Å²) in [5.74, 6) is 0.0670. The Labute approximate surface area is 101 Å². The lowest BCUT2D eigenvalue weighted by atomic mass is 9.95. The van der Waals surface area contributed by atoms with Gasteiger partial charge in [0, 0.05) is 11.5 Å². The van der Waals surface area contributed by atoms with Gasteiger partial charge in [0.05, 0.1) is 13.0 Å². The van der Waals surface area contributed by atoms with Crippen LogP contribution in [0.1, 0.15) is 34.6 Å². The zero-order valence-corrected chi connectivity index (χ0v) is 10.7. The summed E-state index contributed by atoms with van der Waals surface area (Å²) in [6.07, 6.45) is 0.731. The summed E-state index contributed by atoms with van der Waals surface area (Å²) in [6, 6.07) is 2.12. The van der Waals surface area contributed by atoms with Crippen molar-refractivity contribution in [3.05, 3.63) is 28.3 Å². The second-order valence-electron chi connectivity index (χ2n) is 4.87. The van der Waals surface area contributed by atoms with Crippen LogP contribution in [0.4, 0.5) is 0 Å². The Balaban J connectivity index is 2.47. The highest BCUT2D eigenvalue weighted by atomic mass is 16.5. The van der Waals surface area contributed by atoms with Gasteiger partial charge in [-0.2, -0.15) is 0 Å². The first kappa shape index (κ1) is 12.0. The maximum Gasteiger partial charge on any atom is 0.307 e. The minimum atomic E-state index is -0.699. The van der Waals surface area contributed by atoms with Crippen LogP contribution in [-0.2, 0) is 4.79 Å². The Morgan fingerprint density at radius 1 is 1.35 bits per heavy atom. The first-order chi connectivity index (χ1) is 7.97. The Morgan fingerprint density at radius 3 is 2.47 bits per heavy atom. The van der Waals surface area contributed by atoms with Crippen LogP contribution in [-0.4, -0.2) is 18.2 Å². The fourth-order valence-electron chi connectivity index (χ4n) is 2.58. The number of hydrogen-bond donors (Lipinski definition) is 1. The third kappa shape index (κ3) is 1.90. The van der Waals surface area contributed by atoms with Gasteiger partial charge in [-0.3, -0.25) is 4.79 Å². The molecule has 2 rings (SSSR count). The highest BCUT2D eigenvalue weighted by molar-refractivity contribution is 5.76. The second kappa shape index (κ2) is 4.06. The minimum absolute atomic E-state index is 0.127. The Hall–Kier alpha value is -1.51. The van der Waals surface area contributed by atoms with Gasteiger partial charge < -0.3 is 9.84 Å². The van der Waals surface area contributed by atoms with Gasteiger partial charge in [0.25, 0.3) is 0 Å². The van der Waals surface area contributed by atoms with Crippen molar-refractivity contribution in [2.24, 2.45) is 5.92 Å². The molecule has 1 aromatic carbocycles. The highest BCUT2D eigenvalue weighted by Crippen LogP contribution is 2.52. The van der Waals surface area contributed by atoms with Gasteiger partial charge >= 0.3 is 5.97 Å². The molecule has 2 unspecified atom stereocenters. The fourth-order valence-corrected chi connectivity index (χ4v) is 2.58. The van der Waals surface area contributed by atoms with E-state index < -0.39 is 5.97 Å². The lowest BCUT2D eigenvalue weighted by molar-refractivity contribution is -0.138. The maximum atomic E-state index is 11.0. The zero-order valence-electron chi connectivity index (χ0n) is 10.7. The molecule has 1 aliphatic carbocycles. The van der Waals surface area contributed by atoms with Crippen LogP contribution >= 0.6 is 0 Å². The van der Waals surface area contributed by atoms with Gasteiger partial charge in [0.15, 0.2) is 0 Å². The molecule has 1 aromatic rings. The molecule has 17 heavy (non-hydrogen) atoms. The Kier molecular flexibility index (Phi) is 2.86. The van der Waals surface area contributed by atoms with Crippen molar-refractivity contribution in [2.45, 2.75) is 33.1 Å². The van der Waals surface area contributed by atoms with Crippen LogP contribution in [0.3, 0.4) is 0 Å². The number of rotatable bonds is 3. The predicted octanol–water partition coefficient (Wildman–Crippen LogP) is 2.81. The standard InChI is InChI=1S/C14H18O3/c1-7-5-8(2)12(13(17-4)9(7)3)10-6-11(10)14(15)16/h5,10-11H,6H2,1-4H3,(H,15,16). The molecule has 1 saturated carbocycles. The summed E-state index contributed by atoms with van der Waals surface area (Å²) < 4.78 is 5.47. The van der Waals surface area contributed by atoms with Crippen molar-refractivity contribution in [3.8, 4) is 5.75 Å². The number of aliphatic carboxylic acids is 1. The first-order valence-corrected chi connectivity index (χ1v) is 5.84. The Bertz CT molecular complexity index is 477. The van der Waals surface area contributed by atoms with Gasteiger partial charge in [-0.15, -0.1) is 0 Å². The summed E-state index contributed by atoms with van der Waals surface area (Å²) in [4.78, 5) is 11.0. The lowest BCUT2D eigenvalue weighted by Crippen LogP contribution is -2.03. The summed E-state index contributed by atoms with van der Waals surface area (Å²) in [7, 11) is 1.66. The van der Waals surface area contributed by atoms with Crippen molar-refractivity contribution in [1.82, 2.24) is 0 Å². The Morgan fingerprint density at radius 2 is 2.00 bits per heavy atom. The SMILES string of the molecule is COc1c(C)c(C)cc(C)c1C1CC1C(=O)O. The molecule has 0 saturated heterocycles. The number of hydrogen-bond acceptors (Lipinski definition) is 2. The highest BCUT2D eigenvalue weighted by Gasteiger charge is 2.46. The van der Waals surface area contributed by atoms with E-state index in [1.54, 1.807) is 7.11 Å². The predicted molar refractivity (Wildman–Crippen MR) is 65.7 cm³/mol. The van der Waals surface area contributed by atoms with Crippen molar-refractivity contribution >= 4 is 5.97 Å². The molecule has 0 aromatic heterocycles. The van der Waals surface area contributed by atoms with E-state index in [1.165, 1.54) is 5.56 Å². The van der Waals surface area contributed by atoms with E-state index in [0.29, 0.717) is 0 Å². The van der Waals surface area contributed by atoms with E-state index in [9.17, 15) is 4.79 Å². The number of aryl methyl sites for hydroxylation is 2. The third-order valence-electron chi connectivity index (χ3n) is 3.72. The molecule has 0 bridgehead atoms. The number of ether oxygens (including phenoxy) is 1. The normalized spacial score (nSPS) is 22.4. The van der Waals surface area contributed by atoms with Crippen LogP contribution in [0.5, 0.6) is 5.75 Å². The van der Waals surface area contributed by atoms with Crippen molar-refractivity contribution in [2.75, 3.05) is 7.11 Å². The third-order valence-corrected chi connectivity index (χ3v) is 3.72. The molecular weight excluding hydrogens is 216 g/mol. The number of benzene rings is 1. The number of carbonyl (C=O) groups is 1. The summed E-state index contributed by atoms with van der Waals surface area (Å²) >= 11 is 0. The van der Waals surface area contributed by atoms with Gasteiger partial charge in [0.2, 0.25) is 0 Å². The van der Waals surface area contributed by atoms with Crippen LogP contribution < -0.4 is 4.74 Å². The molecule has 0 amide bonds. The van der Waals surface area contributed by atoms with Crippen LogP contribution in [0.2, 0.25) is 0 Å². The molecular formula is C14H18O3. The van der Waals surface area contributed by atoms with E-state index >= 15 is 0 Å². The van der Waals surface area contributed by atoms with E-state index in [0.717, 1.165) is 28.9 Å². The van der Waals surface area contributed by atoms with Gasteiger partial charge in [-0.05, 0) is 43.9 Å². The summed E-state index contributed by atoms with van der Waals surface area (Å²) in [6.45, 7) is 6.10. The molecule has 0 radical (unpaired) electrons. The van der Waals surface area contributed by atoms with Crippen LogP contribution in [0.15, 0.2) is 6.07 Å². The average Bonchev–Trinajstić information content (AvgIpc) is 3.02. The quantitative estimate of drug-likeness (QED) is 0.874. The van der Waals surface area contributed by atoms with E-state index in [1.807, 2.05) is 13.8 Å². The lowest BCUT2D eigenvalue weighted by Gasteiger charge is -2.16. The number of carboxylic acids is 1. The molecule has 92 valence electrons. The van der Waals surface area contributed by atoms with Gasteiger partial charge in [-0.25, -0.2) is 0 Å². The molecule has 3 nitrogen and oxygen atoms in total. The minimum Gasteiger partial charge on any atom is -0.496 e. The molecule has 2 atom stereocenters. The van der Waals surface area contributed by atoms with Crippen LogP contribution in [0.25, 0.3) is 0 Å². The zero-order chi connectivity index (χ0) is 12.7. The van der Waals surface area contributed by atoms with E-state index in [2.05, 4.69) is 13.0 Å². The summed E-state index contributed by atoms with van der Waals surface area (Å²) in [5.41, 5.74) is 4.53. The largest absolute Gasteiger partial charge is 0.496 e. The van der Waals surface area contributed by atoms with E-state index in [-0.39, 0.29) is 11.8 Å². The first-order valence-electron chi connectivity index (χ1n) is 5.84. The molecule has 1 fully saturated rings. The van der Waals surface area contributed by atoms with Gasteiger partial charge in [0.1, 0.15) is 5.75 Å². The van der Waals surface area contributed by atoms with Crippen molar-refractivity contribution in [1.29, 1.82) is 0 Å². The number of carboxylic acid groups (broad SMARTS) is 1.